The van der Waals surface area contributed by atoms with Gasteiger partial charge >= 0.3 is 0 Å². The van der Waals surface area contributed by atoms with E-state index in [2.05, 4.69) is 17.4 Å². The summed E-state index contributed by atoms with van der Waals surface area (Å²) in [4.78, 5) is 12.1. The van der Waals surface area contributed by atoms with Crippen molar-refractivity contribution in [1.82, 2.24) is 5.32 Å². The van der Waals surface area contributed by atoms with Crippen LogP contribution in [0, 0.1) is 5.92 Å². The summed E-state index contributed by atoms with van der Waals surface area (Å²) in [5.41, 5.74) is 1.28. The molecule has 1 amide bonds. The van der Waals surface area contributed by atoms with E-state index in [9.17, 15) is 9.90 Å². The molecule has 2 aliphatic rings. The summed E-state index contributed by atoms with van der Waals surface area (Å²) in [6.07, 6.45) is 4.92. The quantitative estimate of drug-likeness (QED) is 0.845. The molecule has 2 atom stereocenters. The first-order valence-electron chi connectivity index (χ1n) is 8.36. The summed E-state index contributed by atoms with van der Waals surface area (Å²) in [6.45, 7) is 0.705. The minimum absolute atomic E-state index is 0.0777. The van der Waals surface area contributed by atoms with Gasteiger partial charge in [0.25, 0.3) is 0 Å². The lowest BCUT2D eigenvalue weighted by Gasteiger charge is -2.24. The van der Waals surface area contributed by atoms with Gasteiger partial charge in [0.15, 0.2) is 0 Å². The number of aliphatic hydroxyl groups excluding tert-OH is 1. The lowest BCUT2D eigenvalue weighted by molar-refractivity contribution is -0.126. The summed E-state index contributed by atoms with van der Waals surface area (Å²) >= 11 is 0. The highest BCUT2D eigenvalue weighted by Crippen LogP contribution is 2.28. The molecule has 2 N–H and O–H groups in total. The Bertz CT molecular complexity index is 482. The summed E-state index contributed by atoms with van der Waals surface area (Å²) < 4.78 is 5.82. The second kappa shape index (κ2) is 7.25. The SMILES string of the molecule is O=C(NC1CC1OCCc1ccccc1)C1CCC(O)CC1. The largest absolute Gasteiger partial charge is 0.393 e. The van der Waals surface area contributed by atoms with Gasteiger partial charge in [0.05, 0.1) is 24.9 Å². The zero-order valence-electron chi connectivity index (χ0n) is 12.9. The van der Waals surface area contributed by atoms with Crippen molar-refractivity contribution in [3.8, 4) is 0 Å². The van der Waals surface area contributed by atoms with Crippen molar-refractivity contribution in [3.63, 3.8) is 0 Å². The molecule has 2 aliphatic carbocycles. The van der Waals surface area contributed by atoms with Gasteiger partial charge in [-0.05, 0) is 44.1 Å². The predicted octanol–water partition coefficient (Wildman–Crippen LogP) is 2.05. The van der Waals surface area contributed by atoms with Crippen LogP contribution in [-0.2, 0) is 16.0 Å². The molecule has 0 heterocycles. The summed E-state index contributed by atoms with van der Waals surface area (Å²) in [5.74, 6) is 0.222. The average Bonchev–Trinajstić information content (AvgIpc) is 3.27. The van der Waals surface area contributed by atoms with Gasteiger partial charge in [0.2, 0.25) is 5.91 Å². The minimum atomic E-state index is -0.209. The van der Waals surface area contributed by atoms with Gasteiger partial charge in [-0.25, -0.2) is 0 Å². The number of aliphatic hydroxyl groups is 1. The average molecular weight is 303 g/mol. The van der Waals surface area contributed by atoms with Crippen molar-refractivity contribution >= 4 is 5.91 Å². The van der Waals surface area contributed by atoms with Gasteiger partial charge in [-0.3, -0.25) is 4.79 Å². The lowest BCUT2D eigenvalue weighted by Crippen LogP contribution is -2.36. The van der Waals surface area contributed by atoms with Crippen LogP contribution < -0.4 is 5.32 Å². The molecule has 0 aromatic heterocycles. The maximum absolute atomic E-state index is 12.1. The fourth-order valence-electron chi connectivity index (χ4n) is 3.12. The first kappa shape index (κ1) is 15.5. The van der Waals surface area contributed by atoms with Crippen molar-refractivity contribution < 1.29 is 14.6 Å². The second-order valence-corrected chi connectivity index (χ2v) is 6.50. The number of hydrogen-bond acceptors (Lipinski definition) is 3. The molecular weight excluding hydrogens is 278 g/mol. The van der Waals surface area contributed by atoms with E-state index in [-0.39, 0.29) is 30.1 Å². The van der Waals surface area contributed by atoms with Crippen LogP contribution >= 0.6 is 0 Å². The van der Waals surface area contributed by atoms with Crippen molar-refractivity contribution in [3.05, 3.63) is 35.9 Å². The number of benzene rings is 1. The lowest BCUT2D eigenvalue weighted by atomic mass is 9.87. The number of carbonyl (C=O) groups is 1. The Morgan fingerprint density at radius 1 is 1.18 bits per heavy atom. The Hall–Kier alpha value is -1.39. The van der Waals surface area contributed by atoms with Gasteiger partial charge in [0, 0.05) is 5.92 Å². The van der Waals surface area contributed by atoms with Crippen molar-refractivity contribution in [1.29, 1.82) is 0 Å². The Morgan fingerprint density at radius 3 is 2.64 bits per heavy atom. The van der Waals surface area contributed by atoms with E-state index >= 15 is 0 Å². The molecule has 2 unspecified atom stereocenters. The van der Waals surface area contributed by atoms with Gasteiger partial charge in [-0.15, -0.1) is 0 Å². The van der Waals surface area contributed by atoms with Crippen LogP contribution in [0.5, 0.6) is 0 Å². The van der Waals surface area contributed by atoms with Crippen molar-refractivity contribution in [2.75, 3.05) is 6.61 Å². The molecule has 2 saturated carbocycles. The van der Waals surface area contributed by atoms with Crippen LogP contribution in [0.2, 0.25) is 0 Å². The molecule has 4 heteroatoms. The van der Waals surface area contributed by atoms with E-state index in [1.165, 1.54) is 5.56 Å². The van der Waals surface area contributed by atoms with E-state index in [4.69, 9.17) is 4.74 Å². The Balaban J connectivity index is 1.32. The molecule has 3 rings (SSSR count). The fraction of sp³-hybridized carbons (Fsp3) is 0.611. The summed E-state index contributed by atoms with van der Waals surface area (Å²) in [7, 11) is 0. The molecule has 0 bridgehead atoms. The van der Waals surface area contributed by atoms with E-state index in [1.807, 2.05) is 18.2 Å². The van der Waals surface area contributed by atoms with E-state index in [1.54, 1.807) is 0 Å². The minimum Gasteiger partial charge on any atom is -0.393 e. The summed E-state index contributed by atoms with van der Waals surface area (Å²) in [6, 6.07) is 10.5. The molecule has 2 fully saturated rings. The highest BCUT2D eigenvalue weighted by molar-refractivity contribution is 5.79. The zero-order chi connectivity index (χ0) is 15.4. The maximum Gasteiger partial charge on any atom is 0.223 e. The second-order valence-electron chi connectivity index (χ2n) is 6.50. The van der Waals surface area contributed by atoms with Crippen molar-refractivity contribution in [2.24, 2.45) is 5.92 Å². The van der Waals surface area contributed by atoms with Crippen molar-refractivity contribution in [2.45, 2.75) is 56.8 Å². The topological polar surface area (TPSA) is 58.6 Å². The standard InChI is InChI=1S/C18H25NO3/c20-15-8-6-14(7-9-15)18(21)19-16-12-17(16)22-11-10-13-4-2-1-3-5-13/h1-5,14-17,20H,6-12H2,(H,19,21). The number of ether oxygens (including phenoxy) is 1. The Kier molecular flexibility index (Phi) is 5.11. The Morgan fingerprint density at radius 2 is 1.91 bits per heavy atom. The fourth-order valence-corrected chi connectivity index (χ4v) is 3.12. The molecule has 1 aromatic carbocycles. The molecule has 0 spiro atoms. The zero-order valence-corrected chi connectivity index (χ0v) is 12.9. The molecule has 4 nitrogen and oxygen atoms in total. The van der Waals surface area contributed by atoms with Gasteiger partial charge < -0.3 is 15.2 Å². The van der Waals surface area contributed by atoms with Crippen LogP contribution in [0.3, 0.4) is 0 Å². The van der Waals surface area contributed by atoms with E-state index in [0.717, 1.165) is 38.5 Å². The van der Waals surface area contributed by atoms with Crippen LogP contribution in [0.1, 0.15) is 37.7 Å². The smallest absolute Gasteiger partial charge is 0.223 e. The highest BCUT2D eigenvalue weighted by Gasteiger charge is 2.40. The van der Waals surface area contributed by atoms with Crippen LogP contribution in [0.15, 0.2) is 30.3 Å². The number of rotatable bonds is 6. The summed E-state index contributed by atoms with van der Waals surface area (Å²) in [5, 5.41) is 12.6. The molecule has 1 aromatic rings. The normalized spacial score (nSPS) is 30.8. The molecule has 0 radical (unpaired) electrons. The monoisotopic (exact) mass is 303 g/mol. The van der Waals surface area contributed by atoms with Crippen LogP contribution in [-0.4, -0.2) is 35.9 Å². The number of amides is 1. The Labute approximate surface area is 131 Å². The molecule has 120 valence electrons. The molecule has 0 saturated heterocycles. The first-order valence-corrected chi connectivity index (χ1v) is 8.36. The molecule has 22 heavy (non-hydrogen) atoms. The third-order valence-electron chi connectivity index (χ3n) is 4.69. The van der Waals surface area contributed by atoms with Gasteiger partial charge in [-0.1, -0.05) is 30.3 Å². The maximum atomic E-state index is 12.1. The van der Waals surface area contributed by atoms with Crippen LogP contribution in [0.25, 0.3) is 0 Å². The number of carbonyl (C=O) groups excluding carboxylic acids is 1. The highest BCUT2D eigenvalue weighted by atomic mass is 16.5. The third-order valence-corrected chi connectivity index (χ3v) is 4.69. The molecule has 0 aliphatic heterocycles. The third kappa shape index (κ3) is 4.31. The van der Waals surface area contributed by atoms with Gasteiger partial charge in [0.1, 0.15) is 0 Å². The van der Waals surface area contributed by atoms with Crippen LogP contribution in [0.4, 0.5) is 0 Å². The van der Waals surface area contributed by atoms with E-state index in [0.29, 0.717) is 6.61 Å². The van der Waals surface area contributed by atoms with E-state index < -0.39 is 0 Å². The predicted molar refractivity (Wildman–Crippen MR) is 84.4 cm³/mol. The molecular formula is C18H25NO3. The number of nitrogens with one attached hydrogen (secondary N) is 1. The van der Waals surface area contributed by atoms with Gasteiger partial charge in [-0.2, -0.15) is 0 Å². The first-order chi connectivity index (χ1) is 10.7. The number of hydrogen-bond donors (Lipinski definition) is 2.